The quantitative estimate of drug-likeness (QED) is 0.866. The third-order valence-corrected chi connectivity index (χ3v) is 5.56. The summed E-state index contributed by atoms with van der Waals surface area (Å²) in [6, 6.07) is 4.67. The van der Waals surface area contributed by atoms with Gasteiger partial charge in [-0.25, -0.2) is 4.79 Å². The van der Waals surface area contributed by atoms with Crippen molar-refractivity contribution in [2.75, 3.05) is 31.1 Å². The highest BCUT2D eigenvalue weighted by molar-refractivity contribution is 5.92. The minimum atomic E-state index is -4.26. The fourth-order valence-corrected chi connectivity index (χ4v) is 4.09. The number of halogens is 3. The zero-order valence-corrected chi connectivity index (χ0v) is 14.5. The smallest absolute Gasteiger partial charge is 0.407 e. The Bertz CT molecular complexity index is 871. The van der Waals surface area contributed by atoms with E-state index in [-0.39, 0.29) is 11.0 Å². The van der Waals surface area contributed by atoms with Gasteiger partial charge < -0.3 is 14.9 Å². The minimum Gasteiger partial charge on any atom is -0.465 e. The molecule has 1 aromatic heterocycles. The van der Waals surface area contributed by atoms with Gasteiger partial charge in [-0.3, -0.25) is 0 Å². The molecular weight excluding hydrogens is 361 g/mol. The lowest BCUT2D eigenvalue weighted by Crippen LogP contribution is -2.61. The Morgan fingerprint density at radius 2 is 1.93 bits per heavy atom. The molecular formula is C18H19F3N4O2. The minimum absolute atomic E-state index is 0.0549. The standard InChI is InChI=1S/C18H19F3N4O2/c19-18(20,21)8-12-1-2-13-9-22-23-15(14(13)7-12)25-10-17(11-25)3-5-24(6-4-17)16(26)27/h1-2,7,9H,3-6,8,10-11H2,(H,26,27). The van der Waals surface area contributed by atoms with Gasteiger partial charge in [0.05, 0.1) is 12.6 Å². The molecule has 27 heavy (non-hydrogen) atoms. The molecule has 1 N–H and O–H groups in total. The average Bonchev–Trinajstić information content (AvgIpc) is 2.58. The summed E-state index contributed by atoms with van der Waals surface area (Å²) in [4.78, 5) is 14.5. The number of nitrogens with zero attached hydrogens (tertiary/aromatic N) is 4. The van der Waals surface area contributed by atoms with Gasteiger partial charge >= 0.3 is 12.3 Å². The van der Waals surface area contributed by atoms with E-state index in [9.17, 15) is 18.0 Å². The van der Waals surface area contributed by atoms with Gasteiger partial charge in [0.2, 0.25) is 0 Å². The topological polar surface area (TPSA) is 69.6 Å². The first-order valence-electron chi connectivity index (χ1n) is 8.79. The number of fused-ring (bicyclic) bond motifs is 1. The number of anilines is 1. The van der Waals surface area contributed by atoms with Crippen LogP contribution in [0.3, 0.4) is 0 Å². The highest BCUT2D eigenvalue weighted by Crippen LogP contribution is 2.43. The van der Waals surface area contributed by atoms with Crippen molar-refractivity contribution in [2.24, 2.45) is 5.41 Å². The van der Waals surface area contributed by atoms with Gasteiger partial charge in [-0.1, -0.05) is 12.1 Å². The highest BCUT2D eigenvalue weighted by atomic mass is 19.4. The number of aromatic nitrogens is 2. The Kier molecular flexibility index (Phi) is 4.12. The van der Waals surface area contributed by atoms with Gasteiger partial charge in [-0.2, -0.15) is 18.3 Å². The van der Waals surface area contributed by atoms with E-state index in [1.165, 1.54) is 11.0 Å². The summed E-state index contributed by atoms with van der Waals surface area (Å²) < 4.78 is 38.2. The zero-order valence-electron chi connectivity index (χ0n) is 14.5. The van der Waals surface area contributed by atoms with Crippen molar-refractivity contribution in [3.8, 4) is 0 Å². The second-order valence-electron chi connectivity index (χ2n) is 7.51. The fraction of sp³-hybridized carbons (Fsp3) is 0.500. The number of benzene rings is 1. The molecule has 4 rings (SSSR count). The van der Waals surface area contributed by atoms with Crippen molar-refractivity contribution in [3.05, 3.63) is 30.0 Å². The second kappa shape index (κ2) is 6.24. The van der Waals surface area contributed by atoms with Crippen LogP contribution in [0.1, 0.15) is 18.4 Å². The summed E-state index contributed by atoms with van der Waals surface area (Å²) in [7, 11) is 0. The number of carboxylic acid groups (broad SMARTS) is 1. The summed E-state index contributed by atoms with van der Waals surface area (Å²) in [5, 5.41) is 18.7. The molecule has 3 heterocycles. The predicted octanol–water partition coefficient (Wildman–Crippen LogP) is 3.31. The monoisotopic (exact) mass is 380 g/mol. The zero-order chi connectivity index (χ0) is 19.2. The van der Waals surface area contributed by atoms with Gasteiger partial charge in [0.25, 0.3) is 0 Å². The summed E-state index contributed by atoms with van der Waals surface area (Å²) in [5.41, 5.74) is 0.258. The van der Waals surface area contributed by atoms with Crippen LogP contribution in [0.4, 0.5) is 23.8 Å². The van der Waals surface area contributed by atoms with E-state index in [2.05, 4.69) is 10.2 Å². The Morgan fingerprint density at radius 1 is 1.22 bits per heavy atom. The Labute approximate surface area is 153 Å². The van der Waals surface area contributed by atoms with Crippen LogP contribution in [-0.4, -0.2) is 58.7 Å². The van der Waals surface area contributed by atoms with Gasteiger partial charge in [0, 0.05) is 42.4 Å². The molecule has 9 heteroatoms. The molecule has 2 aliphatic rings. The molecule has 6 nitrogen and oxygen atoms in total. The van der Waals surface area contributed by atoms with E-state index >= 15 is 0 Å². The Balaban J connectivity index is 1.53. The van der Waals surface area contributed by atoms with E-state index in [4.69, 9.17) is 5.11 Å². The fourth-order valence-electron chi connectivity index (χ4n) is 4.09. The van der Waals surface area contributed by atoms with Crippen LogP contribution < -0.4 is 4.90 Å². The molecule has 2 fully saturated rings. The van der Waals surface area contributed by atoms with Crippen molar-refractivity contribution in [1.29, 1.82) is 0 Å². The van der Waals surface area contributed by atoms with E-state index < -0.39 is 18.7 Å². The first kappa shape index (κ1) is 17.8. The van der Waals surface area contributed by atoms with Crippen molar-refractivity contribution in [2.45, 2.75) is 25.4 Å². The summed E-state index contributed by atoms with van der Waals surface area (Å²) in [6.45, 7) is 2.47. The predicted molar refractivity (Wildman–Crippen MR) is 92.8 cm³/mol. The lowest BCUT2D eigenvalue weighted by Gasteiger charge is -2.54. The van der Waals surface area contributed by atoms with E-state index in [0.29, 0.717) is 24.3 Å². The van der Waals surface area contributed by atoms with Gasteiger partial charge in [-0.05, 0) is 24.5 Å². The molecule has 1 amide bonds. The van der Waals surface area contributed by atoms with Crippen molar-refractivity contribution < 1.29 is 23.1 Å². The first-order valence-corrected chi connectivity index (χ1v) is 8.79. The lowest BCUT2D eigenvalue weighted by molar-refractivity contribution is -0.127. The maximum absolute atomic E-state index is 12.7. The van der Waals surface area contributed by atoms with Crippen LogP contribution in [0.15, 0.2) is 24.4 Å². The van der Waals surface area contributed by atoms with E-state index in [0.717, 1.165) is 31.3 Å². The normalized spacial score (nSPS) is 19.4. The van der Waals surface area contributed by atoms with E-state index in [1.807, 2.05) is 4.90 Å². The third-order valence-electron chi connectivity index (χ3n) is 5.56. The molecule has 2 aromatic rings. The molecule has 0 unspecified atom stereocenters. The summed E-state index contributed by atoms with van der Waals surface area (Å²) in [5.74, 6) is 0.600. The molecule has 0 atom stereocenters. The molecule has 144 valence electrons. The van der Waals surface area contributed by atoms with Gasteiger partial charge in [-0.15, -0.1) is 5.10 Å². The molecule has 1 spiro atoms. The summed E-state index contributed by atoms with van der Waals surface area (Å²) in [6.07, 6.45) is -3.00. The molecule has 2 aliphatic heterocycles. The van der Waals surface area contributed by atoms with Crippen molar-refractivity contribution in [1.82, 2.24) is 15.1 Å². The number of hydrogen-bond acceptors (Lipinski definition) is 4. The number of rotatable bonds is 2. The van der Waals surface area contributed by atoms with Crippen LogP contribution in [0.25, 0.3) is 10.8 Å². The maximum Gasteiger partial charge on any atom is 0.407 e. The van der Waals surface area contributed by atoms with Crippen LogP contribution in [0.5, 0.6) is 0 Å². The molecule has 2 saturated heterocycles. The SMILES string of the molecule is O=C(O)N1CCC2(CC1)CN(c1nncc3ccc(CC(F)(F)F)cc13)C2. The number of carbonyl (C=O) groups is 1. The third kappa shape index (κ3) is 3.50. The number of likely N-dealkylation sites (tertiary alicyclic amines) is 1. The van der Waals surface area contributed by atoms with E-state index in [1.54, 1.807) is 18.3 Å². The average molecular weight is 380 g/mol. The maximum atomic E-state index is 12.7. The highest BCUT2D eigenvalue weighted by Gasteiger charge is 2.46. The van der Waals surface area contributed by atoms with Crippen LogP contribution in [0, 0.1) is 5.41 Å². The molecule has 0 aliphatic carbocycles. The molecule has 0 saturated carbocycles. The molecule has 1 aromatic carbocycles. The van der Waals surface area contributed by atoms with Crippen molar-refractivity contribution >= 4 is 22.7 Å². The van der Waals surface area contributed by atoms with Crippen LogP contribution >= 0.6 is 0 Å². The largest absolute Gasteiger partial charge is 0.465 e. The second-order valence-corrected chi connectivity index (χ2v) is 7.51. The number of amides is 1. The van der Waals surface area contributed by atoms with Crippen molar-refractivity contribution in [3.63, 3.8) is 0 Å². The summed E-state index contributed by atoms with van der Waals surface area (Å²) >= 11 is 0. The molecule has 0 bridgehead atoms. The van der Waals surface area contributed by atoms with Crippen LogP contribution in [0.2, 0.25) is 0 Å². The number of alkyl halides is 3. The number of piperidine rings is 1. The lowest BCUT2D eigenvalue weighted by atomic mass is 9.72. The Morgan fingerprint density at radius 3 is 2.56 bits per heavy atom. The Hall–Kier alpha value is -2.58. The van der Waals surface area contributed by atoms with Crippen LogP contribution in [-0.2, 0) is 6.42 Å². The first-order chi connectivity index (χ1) is 12.7. The van der Waals surface area contributed by atoms with Gasteiger partial charge in [0.1, 0.15) is 0 Å². The molecule has 0 radical (unpaired) electrons. The van der Waals surface area contributed by atoms with Gasteiger partial charge in [0.15, 0.2) is 5.82 Å². The number of hydrogen-bond donors (Lipinski definition) is 1.